The Morgan fingerprint density at radius 2 is 2.07 bits per heavy atom. The fraction of sp³-hybridized carbons (Fsp3) is 0.450. The molecule has 0 aliphatic carbocycles. The lowest BCUT2D eigenvalue weighted by molar-refractivity contribution is -0.130. The van der Waals surface area contributed by atoms with Gasteiger partial charge in [-0.25, -0.2) is 4.98 Å². The van der Waals surface area contributed by atoms with E-state index in [0.29, 0.717) is 16.8 Å². The van der Waals surface area contributed by atoms with Gasteiger partial charge in [0.15, 0.2) is 5.13 Å². The summed E-state index contributed by atoms with van der Waals surface area (Å²) in [6.45, 7) is 5.91. The third-order valence-electron chi connectivity index (χ3n) is 4.57. The monoisotopic (exact) mass is 403 g/mol. The molecule has 1 N–H and O–H groups in total. The molecule has 0 saturated carbocycles. The summed E-state index contributed by atoms with van der Waals surface area (Å²) in [7, 11) is 0. The first-order valence-corrected chi connectivity index (χ1v) is 11.2. The first-order chi connectivity index (χ1) is 13.0. The van der Waals surface area contributed by atoms with Crippen LogP contribution in [0.25, 0.3) is 11.3 Å². The average molecular weight is 404 g/mol. The van der Waals surface area contributed by atoms with Crippen molar-refractivity contribution in [2.24, 2.45) is 5.92 Å². The standard InChI is InChI=1S/C20H25N3O2S2/c1-14-5-7-16(8-6-14)17-11-27-20(21-17)22-18(24)12-26-13-19(25)23-9-3-4-15(2)10-23/h5-8,11,15H,3-4,9-10,12-13H2,1-2H3,(H,21,22,24). The molecule has 7 heteroatoms. The highest BCUT2D eigenvalue weighted by molar-refractivity contribution is 8.00. The van der Waals surface area contributed by atoms with Crippen LogP contribution in [0.4, 0.5) is 5.13 Å². The van der Waals surface area contributed by atoms with E-state index in [9.17, 15) is 9.59 Å². The number of amides is 2. The summed E-state index contributed by atoms with van der Waals surface area (Å²) in [6.07, 6.45) is 2.27. The molecule has 3 rings (SSSR count). The molecule has 2 aromatic rings. The Kier molecular flexibility index (Phi) is 6.90. The molecule has 2 amide bonds. The number of likely N-dealkylation sites (tertiary alicyclic amines) is 1. The number of hydrogen-bond acceptors (Lipinski definition) is 5. The number of thiazole rings is 1. The second-order valence-electron chi connectivity index (χ2n) is 7.03. The maximum atomic E-state index is 12.2. The van der Waals surface area contributed by atoms with Crippen LogP contribution >= 0.6 is 23.1 Å². The molecule has 0 radical (unpaired) electrons. The van der Waals surface area contributed by atoms with Gasteiger partial charge in [0.1, 0.15) is 0 Å². The van der Waals surface area contributed by atoms with Gasteiger partial charge in [0.05, 0.1) is 17.2 Å². The predicted molar refractivity (Wildman–Crippen MR) is 113 cm³/mol. The first kappa shape index (κ1) is 19.9. The van der Waals surface area contributed by atoms with Gasteiger partial charge in [-0.1, -0.05) is 36.8 Å². The third kappa shape index (κ3) is 5.81. The smallest absolute Gasteiger partial charge is 0.236 e. The number of carbonyl (C=O) groups excluding carboxylic acids is 2. The number of nitrogens with one attached hydrogen (secondary N) is 1. The topological polar surface area (TPSA) is 62.3 Å². The van der Waals surface area contributed by atoms with Crippen molar-refractivity contribution in [2.45, 2.75) is 26.7 Å². The number of benzene rings is 1. The number of anilines is 1. The minimum Gasteiger partial charge on any atom is -0.342 e. The molecule has 144 valence electrons. The maximum Gasteiger partial charge on any atom is 0.236 e. The van der Waals surface area contributed by atoms with Crippen molar-refractivity contribution in [1.29, 1.82) is 0 Å². The van der Waals surface area contributed by atoms with E-state index in [2.05, 4.69) is 17.2 Å². The van der Waals surface area contributed by atoms with E-state index < -0.39 is 0 Å². The van der Waals surface area contributed by atoms with Crippen molar-refractivity contribution in [1.82, 2.24) is 9.88 Å². The number of aromatic nitrogens is 1. The minimum atomic E-state index is -0.121. The fourth-order valence-corrected chi connectivity index (χ4v) is 4.53. The lowest BCUT2D eigenvalue weighted by Crippen LogP contribution is -2.40. The Morgan fingerprint density at radius 1 is 1.30 bits per heavy atom. The molecule has 27 heavy (non-hydrogen) atoms. The highest BCUT2D eigenvalue weighted by Gasteiger charge is 2.20. The quantitative estimate of drug-likeness (QED) is 0.790. The SMILES string of the molecule is Cc1ccc(-c2csc(NC(=O)CSCC(=O)N3CCCC(C)C3)n2)cc1. The summed E-state index contributed by atoms with van der Waals surface area (Å²) < 4.78 is 0. The van der Waals surface area contributed by atoms with E-state index in [1.54, 1.807) is 0 Å². The van der Waals surface area contributed by atoms with Gasteiger partial charge in [-0.2, -0.15) is 0 Å². The van der Waals surface area contributed by atoms with Gasteiger partial charge in [-0.15, -0.1) is 23.1 Å². The molecular formula is C20H25N3O2S2. The van der Waals surface area contributed by atoms with Gasteiger partial charge in [0, 0.05) is 24.0 Å². The van der Waals surface area contributed by atoms with E-state index in [-0.39, 0.29) is 17.6 Å². The van der Waals surface area contributed by atoms with Gasteiger partial charge in [0.2, 0.25) is 11.8 Å². The predicted octanol–water partition coefficient (Wildman–Crippen LogP) is 4.05. The van der Waals surface area contributed by atoms with Crippen molar-refractivity contribution in [3.8, 4) is 11.3 Å². The Morgan fingerprint density at radius 3 is 2.81 bits per heavy atom. The maximum absolute atomic E-state index is 12.2. The first-order valence-electron chi connectivity index (χ1n) is 9.19. The van der Waals surface area contributed by atoms with Gasteiger partial charge in [-0.3, -0.25) is 9.59 Å². The van der Waals surface area contributed by atoms with Crippen LogP contribution in [0.1, 0.15) is 25.3 Å². The molecule has 1 atom stereocenters. The van der Waals surface area contributed by atoms with Crippen LogP contribution in [0.2, 0.25) is 0 Å². The number of piperidine rings is 1. The molecule has 1 saturated heterocycles. The Hall–Kier alpha value is -1.86. The number of nitrogens with zero attached hydrogens (tertiary/aromatic N) is 2. The summed E-state index contributed by atoms with van der Waals surface area (Å²) in [4.78, 5) is 30.8. The normalized spacial score (nSPS) is 17.0. The number of hydrogen-bond donors (Lipinski definition) is 1. The van der Waals surface area contributed by atoms with Crippen LogP contribution < -0.4 is 5.32 Å². The van der Waals surface area contributed by atoms with E-state index in [4.69, 9.17) is 0 Å². The number of rotatable bonds is 6. The summed E-state index contributed by atoms with van der Waals surface area (Å²) in [5.41, 5.74) is 3.10. The molecule has 1 aromatic carbocycles. The Balaban J connectivity index is 1.43. The van der Waals surface area contributed by atoms with Crippen LogP contribution in [0.3, 0.4) is 0 Å². The van der Waals surface area contributed by atoms with Crippen molar-refractivity contribution in [2.75, 3.05) is 29.9 Å². The van der Waals surface area contributed by atoms with Crippen molar-refractivity contribution in [3.05, 3.63) is 35.2 Å². The average Bonchev–Trinajstić information content (AvgIpc) is 3.10. The molecule has 5 nitrogen and oxygen atoms in total. The third-order valence-corrected chi connectivity index (χ3v) is 6.24. The number of aryl methyl sites for hydroxylation is 1. The van der Waals surface area contributed by atoms with Gasteiger partial charge in [-0.05, 0) is 25.7 Å². The summed E-state index contributed by atoms with van der Waals surface area (Å²) in [6, 6.07) is 8.14. The fourth-order valence-electron chi connectivity index (χ4n) is 3.08. The lowest BCUT2D eigenvalue weighted by Gasteiger charge is -2.30. The van der Waals surface area contributed by atoms with Gasteiger partial charge >= 0.3 is 0 Å². The van der Waals surface area contributed by atoms with Crippen LogP contribution in [-0.4, -0.2) is 46.3 Å². The molecule has 0 spiro atoms. The molecule has 1 fully saturated rings. The second kappa shape index (κ2) is 9.37. The van der Waals surface area contributed by atoms with Crippen molar-refractivity contribution in [3.63, 3.8) is 0 Å². The zero-order valence-electron chi connectivity index (χ0n) is 15.7. The lowest BCUT2D eigenvalue weighted by atomic mass is 10.0. The van der Waals surface area contributed by atoms with E-state index in [1.165, 1.54) is 35.1 Å². The van der Waals surface area contributed by atoms with E-state index in [0.717, 1.165) is 30.8 Å². The van der Waals surface area contributed by atoms with Crippen molar-refractivity contribution < 1.29 is 9.59 Å². The van der Waals surface area contributed by atoms with Gasteiger partial charge < -0.3 is 10.2 Å². The molecule has 1 aliphatic rings. The zero-order valence-corrected chi connectivity index (χ0v) is 17.4. The molecule has 1 unspecified atom stereocenters. The molecule has 0 bridgehead atoms. The van der Waals surface area contributed by atoms with Gasteiger partial charge in [0.25, 0.3) is 0 Å². The number of thioether (sulfide) groups is 1. The Labute approximate surface area is 168 Å². The van der Waals surface area contributed by atoms with Crippen LogP contribution in [-0.2, 0) is 9.59 Å². The number of carbonyl (C=O) groups is 2. The van der Waals surface area contributed by atoms with Crippen LogP contribution in [0.5, 0.6) is 0 Å². The Bertz CT molecular complexity index is 789. The largest absolute Gasteiger partial charge is 0.342 e. The summed E-state index contributed by atoms with van der Waals surface area (Å²) in [5, 5.41) is 5.36. The van der Waals surface area contributed by atoms with Crippen LogP contribution in [0, 0.1) is 12.8 Å². The van der Waals surface area contributed by atoms with E-state index in [1.807, 2.05) is 41.5 Å². The second-order valence-corrected chi connectivity index (χ2v) is 8.88. The highest BCUT2D eigenvalue weighted by atomic mass is 32.2. The molecular weight excluding hydrogens is 378 g/mol. The summed E-state index contributed by atoms with van der Waals surface area (Å²) >= 11 is 2.77. The highest BCUT2D eigenvalue weighted by Crippen LogP contribution is 2.25. The molecule has 1 aliphatic heterocycles. The van der Waals surface area contributed by atoms with Crippen LogP contribution in [0.15, 0.2) is 29.6 Å². The molecule has 2 heterocycles. The van der Waals surface area contributed by atoms with E-state index >= 15 is 0 Å². The van der Waals surface area contributed by atoms with Crippen molar-refractivity contribution >= 4 is 40.0 Å². The zero-order chi connectivity index (χ0) is 19.2. The summed E-state index contributed by atoms with van der Waals surface area (Å²) in [5.74, 6) is 1.20. The minimum absolute atomic E-state index is 0.121. The molecule has 1 aromatic heterocycles.